The second-order valence-electron chi connectivity index (χ2n) is 3.06. The van der Waals surface area contributed by atoms with Gasteiger partial charge in [0.2, 0.25) is 0 Å². The Kier molecular flexibility index (Phi) is 2.04. The van der Waals surface area contributed by atoms with E-state index in [-0.39, 0.29) is 5.56 Å². The lowest BCUT2D eigenvalue weighted by molar-refractivity contribution is 0.0693. The molecule has 4 heteroatoms. The molecule has 14 heavy (non-hydrogen) atoms. The van der Waals surface area contributed by atoms with E-state index in [1.807, 2.05) is 0 Å². The standard InChI is InChI=1S/C10H10O4/c1-13-9-4-6-2-3-14-8(6)5-7(9)10(11)12/h4-5H,2-3H2,1H3,(H,11,12). The summed E-state index contributed by atoms with van der Waals surface area (Å²) in [5, 5.41) is 8.89. The van der Waals surface area contributed by atoms with Crippen LogP contribution in [0.5, 0.6) is 11.5 Å². The van der Waals surface area contributed by atoms with Gasteiger partial charge >= 0.3 is 5.97 Å². The number of ether oxygens (including phenoxy) is 2. The lowest BCUT2D eigenvalue weighted by Crippen LogP contribution is -2.01. The number of methoxy groups -OCH3 is 1. The van der Waals surface area contributed by atoms with Crippen LogP contribution >= 0.6 is 0 Å². The monoisotopic (exact) mass is 194 g/mol. The smallest absolute Gasteiger partial charge is 0.339 e. The molecule has 0 aromatic heterocycles. The number of carboxylic acid groups (broad SMARTS) is 1. The Morgan fingerprint density at radius 2 is 2.36 bits per heavy atom. The maximum absolute atomic E-state index is 10.8. The average Bonchev–Trinajstić information content (AvgIpc) is 2.62. The van der Waals surface area contributed by atoms with Gasteiger partial charge in [-0.3, -0.25) is 0 Å². The molecule has 74 valence electrons. The van der Waals surface area contributed by atoms with Gasteiger partial charge in [0.25, 0.3) is 0 Å². The first-order valence-corrected chi connectivity index (χ1v) is 4.29. The third kappa shape index (κ3) is 1.28. The van der Waals surface area contributed by atoms with Gasteiger partial charge < -0.3 is 14.6 Å². The zero-order chi connectivity index (χ0) is 10.1. The minimum atomic E-state index is -1.000. The van der Waals surface area contributed by atoms with Crippen molar-refractivity contribution in [3.05, 3.63) is 23.3 Å². The van der Waals surface area contributed by atoms with Crippen LogP contribution in [0.1, 0.15) is 15.9 Å². The van der Waals surface area contributed by atoms with Gasteiger partial charge in [0, 0.05) is 12.0 Å². The normalized spacial score (nSPS) is 13.2. The Balaban J connectivity index is 2.54. The summed E-state index contributed by atoms with van der Waals surface area (Å²) in [7, 11) is 1.46. The van der Waals surface area contributed by atoms with Crippen LogP contribution in [0.25, 0.3) is 0 Å². The zero-order valence-electron chi connectivity index (χ0n) is 7.74. The molecule has 0 amide bonds. The zero-order valence-corrected chi connectivity index (χ0v) is 7.74. The molecule has 1 aromatic carbocycles. The first-order chi connectivity index (χ1) is 6.72. The second kappa shape index (κ2) is 3.21. The van der Waals surface area contributed by atoms with Gasteiger partial charge in [-0.2, -0.15) is 0 Å². The molecule has 1 aliphatic heterocycles. The fraction of sp³-hybridized carbons (Fsp3) is 0.300. The topological polar surface area (TPSA) is 55.8 Å². The van der Waals surface area contributed by atoms with Gasteiger partial charge in [0.05, 0.1) is 13.7 Å². The van der Waals surface area contributed by atoms with Crippen molar-refractivity contribution in [1.29, 1.82) is 0 Å². The third-order valence-electron chi connectivity index (χ3n) is 2.24. The van der Waals surface area contributed by atoms with Crippen molar-refractivity contribution in [2.24, 2.45) is 0 Å². The number of fused-ring (bicyclic) bond motifs is 1. The highest BCUT2D eigenvalue weighted by molar-refractivity contribution is 5.91. The minimum absolute atomic E-state index is 0.146. The van der Waals surface area contributed by atoms with Gasteiger partial charge in [-0.1, -0.05) is 0 Å². The number of rotatable bonds is 2. The van der Waals surface area contributed by atoms with Crippen molar-refractivity contribution < 1.29 is 19.4 Å². The number of benzene rings is 1. The van der Waals surface area contributed by atoms with E-state index >= 15 is 0 Å². The van der Waals surface area contributed by atoms with Crippen LogP contribution in [0.2, 0.25) is 0 Å². The summed E-state index contributed by atoms with van der Waals surface area (Å²) in [6.45, 7) is 0.613. The largest absolute Gasteiger partial charge is 0.496 e. The molecule has 0 fully saturated rings. The summed E-state index contributed by atoms with van der Waals surface area (Å²) in [6.07, 6.45) is 0.811. The van der Waals surface area contributed by atoms with Crippen LogP contribution in [0.15, 0.2) is 12.1 Å². The van der Waals surface area contributed by atoms with Crippen LogP contribution in [0.4, 0.5) is 0 Å². The summed E-state index contributed by atoms with van der Waals surface area (Å²) in [4.78, 5) is 10.8. The van der Waals surface area contributed by atoms with E-state index in [1.165, 1.54) is 13.2 Å². The summed E-state index contributed by atoms with van der Waals surface area (Å²) >= 11 is 0. The summed E-state index contributed by atoms with van der Waals surface area (Å²) in [6, 6.07) is 3.25. The van der Waals surface area contributed by atoms with Gasteiger partial charge in [-0.05, 0) is 12.1 Å². The molecule has 2 rings (SSSR count). The predicted molar refractivity (Wildman–Crippen MR) is 49.2 cm³/mol. The lowest BCUT2D eigenvalue weighted by atomic mass is 10.1. The van der Waals surface area contributed by atoms with Gasteiger partial charge in [-0.15, -0.1) is 0 Å². The van der Waals surface area contributed by atoms with E-state index in [1.54, 1.807) is 6.07 Å². The lowest BCUT2D eigenvalue weighted by Gasteiger charge is -2.06. The Morgan fingerprint density at radius 3 is 3.00 bits per heavy atom. The van der Waals surface area contributed by atoms with Crippen LogP contribution in [0, 0.1) is 0 Å². The van der Waals surface area contributed by atoms with Crippen molar-refractivity contribution in [1.82, 2.24) is 0 Å². The molecular weight excluding hydrogens is 184 g/mol. The quantitative estimate of drug-likeness (QED) is 0.771. The van der Waals surface area contributed by atoms with E-state index in [0.717, 1.165) is 12.0 Å². The molecular formula is C10H10O4. The van der Waals surface area contributed by atoms with Crippen molar-refractivity contribution in [2.45, 2.75) is 6.42 Å². The molecule has 0 saturated heterocycles. The summed E-state index contributed by atoms with van der Waals surface area (Å²) in [5.74, 6) is 0.0464. The van der Waals surface area contributed by atoms with Crippen LogP contribution in [-0.4, -0.2) is 24.8 Å². The van der Waals surface area contributed by atoms with E-state index in [9.17, 15) is 4.79 Å². The molecule has 0 atom stereocenters. The van der Waals surface area contributed by atoms with E-state index in [4.69, 9.17) is 14.6 Å². The molecule has 0 spiro atoms. The Hall–Kier alpha value is -1.71. The molecule has 0 radical (unpaired) electrons. The van der Waals surface area contributed by atoms with Gasteiger partial charge in [0.15, 0.2) is 0 Å². The molecule has 1 aromatic rings. The van der Waals surface area contributed by atoms with Crippen molar-refractivity contribution in [3.63, 3.8) is 0 Å². The highest BCUT2D eigenvalue weighted by Crippen LogP contribution is 2.32. The maximum atomic E-state index is 10.8. The van der Waals surface area contributed by atoms with E-state index in [2.05, 4.69) is 0 Å². The second-order valence-corrected chi connectivity index (χ2v) is 3.06. The molecule has 1 aliphatic rings. The number of carboxylic acids is 1. The minimum Gasteiger partial charge on any atom is -0.496 e. The fourth-order valence-corrected chi connectivity index (χ4v) is 1.54. The van der Waals surface area contributed by atoms with E-state index < -0.39 is 5.97 Å². The van der Waals surface area contributed by atoms with Gasteiger partial charge in [0.1, 0.15) is 17.1 Å². The molecule has 1 N–H and O–H groups in total. The predicted octanol–water partition coefficient (Wildman–Crippen LogP) is 1.33. The third-order valence-corrected chi connectivity index (χ3v) is 2.24. The van der Waals surface area contributed by atoms with Crippen LogP contribution < -0.4 is 9.47 Å². The average molecular weight is 194 g/mol. The first-order valence-electron chi connectivity index (χ1n) is 4.29. The number of hydrogen-bond acceptors (Lipinski definition) is 3. The van der Waals surface area contributed by atoms with Crippen molar-refractivity contribution in [2.75, 3.05) is 13.7 Å². The Morgan fingerprint density at radius 1 is 1.57 bits per heavy atom. The Labute approximate surface area is 81.1 Å². The summed E-state index contributed by atoms with van der Waals surface area (Å²) in [5.41, 5.74) is 1.15. The molecule has 1 heterocycles. The number of aromatic carboxylic acids is 1. The summed E-state index contributed by atoms with van der Waals surface area (Å²) < 4.78 is 10.3. The van der Waals surface area contributed by atoms with Crippen molar-refractivity contribution >= 4 is 5.97 Å². The molecule has 4 nitrogen and oxygen atoms in total. The van der Waals surface area contributed by atoms with Crippen LogP contribution in [-0.2, 0) is 6.42 Å². The first kappa shape index (κ1) is 8.87. The molecule has 0 bridgehead atoms. The number of hydrogen-bond donors (Lipinski definition) is 1. The van der Waals surface area contributed by atoms with Crippen LogP contribution in [0.3, 0.4) is 0 Å². The molecule has 0 saturated carbocycles. The van der Waals surface area contributed by atoms with Gasteiger partial charge in [-0.25, -0.2) is 4.79 Å². The SMILES string of the molecule is COc1cc2c(cc1C(=O)O)OCC2. The molecule has 0 aliphatic carbocycles. The highest BCUT2D eigenvalue weighted by Gasteiger charge is 2.19. The van der Waals surface area contributed by atoms with E-state index in [0.29, 0.717) is 18.1 Å². The highest BCUT2D eigenvalue weighted by atomic mass is 16.5. The molecule has 0 unspecified atom stereocenters. The fourth-order valence-electron chi connectivity index (χ4n) is 1.54. The van der Waals surface area contributed by atoms with Crippen molar-refractivity contribution in [3.8, 4) is 11.5 Å². The number of carbonyl (C=O) groups is 1. The maximum Gasteiger partial charge on any atom is 0.339 e. The Bertz CT molecular complexity index is 384.